The highest BCUT2D eigenvalue weighted by Crippen LogP contribution is 2.34. The van der Waals surface area contributed by atoms with E-state index in [9.17, 15) is 18.3 Å². The number of benzene rings is 2. The van der Waals surface area contributed by atoms with Gasteiger partial charge in [-0.15, -0.1) is 15.7 Å². The number of rotatable bonds is 3. The number of nitrogens with one attached hydrogen (secondary N) is 1. The Balaban J connectivity index is 1.71. The van der Waals surface area contributed by atoms with Gasteiger partial charge in [0.25, 0.3) is 15.6 Å². The Bertz CT molecular complexity index is 1710. The van der Waals surface area contributed by atoms with Crippen LogP contribution in [0.15, 0.2) is 79.2 Å². The lowest BCUT2D eigenvalue weighted by molar-refractivity contribution is 0.479. The fourth-order valence-corrected chi connectivity index (χ4v) is 5.39. The SMILES string of the molecule is N#Cc1cccc(/C=N/n2c(=O)c(C3=NS(=O)(=O)c4ccccc4N3)c(O)c3sccc32)c1. The second-order valence-electron chi connectivity index (χ2n) is 6.99. The monoisotopic (exact) mass is 475 g/mol. The Morgan fingerprint density at radius 1 is 1.18 bits per heavy atom. The molecular weight excluding hydrogens is 462 g/mol. The van der Waals surface area contributed by atoms with Crippen LogP contribution in [-0.2, 0) is 10.0 Å². The molecule has 2 aromatic carbocycles. The van der Waals surface area contributed by atoms with Crippen LogP contribution in [0.3, 0.4) is 0 Å². The van der Waals surface area contributed by atoms with Crippen LogP contribution < -0.4 is 10.9 Å². The Morgan fingerprint density at radius 2 is 2.00 bits per heavy atom. The molecule has 33 heavy (non-hydrogen) atoms. The quantitative estimate of drug-likeness (QED) is 0.437. The molecule has 1 aliphatic heterocycles. The van der Waals surface area contributed by atoms with E-state index in [1.54, 1.807) is 53.9 Å². The number of sulfonamides is 1. The average Bonchev–Trinajstić information content (AvgIpc) is 3.29. The van der Waals surface area contributed by atoms with E-state index in [4.69, 9.17) is 5.26 Å². The Labute approximate surface area is 191 Å². The maximum absolute atomic E-state index is 13.4. The number of aromatic nitrogens is 1. The van der Waals surface area contributed by atoms with Crippen molar-refractivity contribution in [3.63, 3.8) is 0 Å². The van der Waals surface area contributed by atoms with Crippen molar-refractivity contribution in [2.24, 2.45) is 9.50 Å². The number of thiophene rings is 1. The molecule has 1 aliphatic rings. The van der Waals surface area contributed by atoms with Gasteiger partial charge in [-0.1, -0.05) is 24.3 Å². The molecule has 2 aromatic heterocycles. The van der Waals surface area contributed by atoms with Crippen LogP contribution in [0.2, 0.25) is 0 Å². The topological polar surface area (TPSA) is 137 Å². The number of anilines is 1. The number of para-hydroxylation sites is 1. The van der Waals surface area contributed by atoms with Gasteiger partial charge in [0.15, 0.2) is 11.6 Å². The molecular formula is C22H13N5O4S2. The van der Waals surface area contributed by atoms with Crippen molar-refractivity contribution in [3.05, 3.63) is 87.0 Å². The van der Waals surface area contributed by atoms with Gasteiger partial charge in [0.05, 0.1) is 33.8 Å². The van der Waals surface area contributed by atoms with Gasteiger partial charge in [0, 0.05) is 0 Å². The number of fused-ring (bicyclic) bond motifs is 2. The van der Waals surface area contributed by atoms with Crippen LogP contribution in [0.1, 0.15) is 16.7 Å². The summed E-state index contributed by atoms with van der Waals surface area (Å²) in [6.45, 7) is 0. The summed E-state index contributed by atoms with van der Waals surface area (Å²) < 4.78 is 30.5. The maximum atomic E-state index is 13.4. The van der Waals surface area contributed by atoms with Crippen molar-refractivity contribution >= 4 is 49.3 Å². The summed E-state index contributed by atoms with van der Waals surface area (Å²) in [4.78, 5) is 13.4. The van der Waals surface area contributed by atoms with E-state index in [0.717, 1.165) is 4.68 Å². The molecule has 0 saturated heterocycles. The van der Waals surface area contributed by atoms with Gasteiger partial charge in [-0.2, -0.15) is 23.5 Å². The van der Waals surface area contributed by atoms with Crippen LogP contribution in [0.5, 0.6) is 5.75 Å². The summed E-state index contributed by atoms with van der Waals surface area (Å²) in [6, 6.07) is 16.5. The van der Waals surface area contributed by atoms with E-state index in [0.29, 0.717) is 21.3 Å². The second-order valence-corrected chi connectivity index (χ2v) is 9.48. The zero-order valence-electron chi connectivity index (χ0n) is 16.6. The maximum Gasteiger partial charge on any atom is 0.286 e. The van der Waals surface area contributed by atoms with Crippen LogP contribution in [-0.4, -0.2) is 30.3 Å². The lowest BCUT2D eigenvalue weighted by atomic mass is 10.1. The zero-order chi connectivity index (χ0) is 23.2. The minimum Gasteiger partial charge on any atom is -0.505 e. The number of nitriles is 1. The molecule has 162 valence electrons. The molecule has 9 nitrogen and oxygen atoms in total. The predicted molar refractivity (Wildman–Crippen MR) is 126 cm³/mol. The summed E-state index contributed by atoms with van der Waals surface area (Å²) in [5, 5.41) is 28.7. The number of aromatic hydroxyl groups is 1. The van der Waals surface area contributed by atoms with Crippen molar-refractivity contribution in [2.75, 3.05) is 5.32 Å². The first-order chi connectivity index (χ1) is 15.9. The molecule has 4 aromatic rings. The van der Waals surface area contributed by atoms with Gasteiger partial charge < -0.3 is 10.4 Å². The Kier molecular flexibility index (Phi) is 4.81. The van der Waals surface area contributed by atoms with E-state index in [1.165, 1.54) is 23.6 Å². The number of nitrogens with zero attached hydrogens (tertiary/aromatic N) is 4. The highest BCUT2D eigenvalue weighted by Gasteiger charge is 2.30. The molecule has 0 fully saturated rings. The van der Waals surface area contributed by atoms with Gasteiger partial charge in [-0.25, -0.2) is 0 Å². The fourth-order valence-electron chi connectivity index (χ4n) is 3.44. The van der Waals surface area contributed by atoms with Crippen LogP contribution in [0.25, 0.3) is 10.2 Å². The highest BCUT2D eigenvalue weighted by atomic mass is 32.2. The molecule has 2 N–H and O–H groups in total. The third-order valence-corrected chi connectivity index (χ3v) is 7.18. The number of amidine groups is 1. The summed E-state index contributed by atoms with van der Waals surface area (Å²) in [5.74, 6) is -0.675. The zero-order valence-corrected chi connectivity index (χ0v) is 18.3. The van der Waals surface area contributed by atoms with Crippen molar-refractivity contribution < 1.29 is 13.5 Å². The van der Waals surface area contributed by atoms with Gasteiger partial charge >= 0.3 is 0 Å². The van der Waals surface area contributed by atoms with E-state index in [2.05, 4.69) is 14.8 Å². The fraction of sp³-hybridized carbons (Fsp3) is 0. The molecule has 0 saturated carbocycles. The van der Waals surface area contributed by atoms with Gasteiger partial charge in [-0.05, 0) is 41.3 Å². The lowest BCUT2D eigenvalue weighted by Crippen LogP contribution is -2.31. The molecule has 0 radical (unpaired) electrons. The molecule has 5 rings (SSSR count). The largest absolute Gasteiger partial charge is 0.505 e. The molecule has 11 heteroatoms. The van der Waals surface area contributed by atoms with Crippen molar-refractivity contribution in [1.82, 2.24) is 4.68 Å². The predicted octanol–water partition coefficient (Wildman–Crippen LogP) is 3.08. The second kappa shape index (κ2) is 7.70. The van der Waals surface area contributed by atoms with Crippen molar-refractivity contribution in [2.45, 2.75) is 4.90 Å². The molecule has 3 heterocycles. The van der Waals surface area contributed by atoms with Crippen LogP contribution in [0, 0.1) is 11.3 Å². The van der Waals surface area contributed by atoms with E-state index >= 15 is 0 Å². The summed E-state index contributed by atoms with van der Waals surface area (Å²) in [5.41, 5.74) is 0.541. The molecule has 0 unspecified atom stereocenters. The van der Waals surface area contributed by atoms with Crippen LogP contribution in [0.4, 0.5) is 5.69 Å². The first kappa shape index (κ1) is 20.6. The first-order valence-electron chi connectivity index (χ1n) is 9.50. The van der Waals surface area contributed by atoms with E-state index in [1.807, 2.05) is 6.07 Å². The Hall–Kier alpha value is -4.27. The van der Waals surface area contributed by atoms with Gasteiger partial charge in [-0.3, -0.25) is 4.79 Å². The Morgan fingerprint density at radius 3 is 2.82 bits per heavy atom. The van der Waals surface area contributed by atoms with E-state index < -0.39 is 15.6 Å². The lowest BCUT2D eigenvalue weighted by Gasteiger charge is -2.19. The third-order valence-electron chi connectivity index (χ3n) is 4.94. The molecule has 0 aliphatic carbocycles. The minimum absolute atomic E-state index is 0.0267. The number of hydrogen-bond acceptors (Lipinski definition) is 8. The standard InChI is InChI=1S/C22H13N5O4S2/c23-11-13-4-3-5-14(10-13)12-24-27-16-8-9-32-20(16)19(28)18(22(27)29)21-25-15-6-1-2-7-17(15)33(30,31)26-21/h1-10,12,28H,(H,25,26)/b24-12+. The third kappa shape index (κ3) is 3.47. The molecule has 0 atom stereocenters. The van der Waals surface area contributed by atoms with Crippen molar-refractivity contribution in [3.8, 4) is 11.8 Å². The number of pyridine rings is 1. The summed E-state index contributed by atoms with van der Waals surface area (Å²) in [6.07, 6.45) is 1.41. The molecule has 0 spiro atoms. The summed E-state index contributed by atoms with van der Waals surface area (Å²) >= 11 is 1.17. The smallest absolute Gasteiger partial charge is 0.286 e. The van der Waals surface area contributed by atoms with E-state index in [-0.39, 0.29) is 27.7 Å². The normalized spacial score (nSPS) is 14.5. The number of hydrogen-bond donors (Lipinski definition) is 2. The van der Waals surface area contributed by atoms with Gasteiger partial charge in [0.1, 0.15) is 10.5 Å². The molecule has 0 amide bonds. The molecule has 0 bridgehead atoms. The van der Waals surface area contributed by atoms with Gasteiger partial charge in [0.2, 0.25) is 0 Å². The first-order valence-corrected chi connectivity index (χ1v) is 11.8. The highest BCUT2D eigenvalue weighted by molar-refractivity contribution is 7.90. The minimum atomic E-state index is -4.09. The average molecular weight is 476 g/mol. The summed E-state index contributed by atoms with van der Waals surface area (Å²) in [7, 11) is -4.09. The van der Waals surface area contributed by atoms with Crippen molar-refractivity contribution in [1.29, 1.82) is 5.26 Å². The van der Waals surface area contributed by atoms with Crippen LogP contribution >= 0.6 is 11.3 Å².